The van der Waals surface area contributed by atoms with Crippen LogP contribution in [-0.2, 0) is 33.7 Å². The van der Waals surface area contributed by atoms with Crippen LogP contribution in [0, 0.1) is 0 Å². The van der Waals surface area contributed by atoms with Crippen molar-refractivity contribution >= 4 is 32.7 Å². The van der Waals surface area contributed by atoms with Gasteiger partial charge in [0.1, 0.15) is 11.1 Å². The average Bonchev–Trinajstić information content (AvgIpc) is 3.43. The maximum atomic E-state index is 12.7. The lowest BCUT2D eigenvalue weighted by Gasteiger charge is -2.09. The van der Waals surface area contributed by atoms with Gasteiger partial charge in [-0.3, -0.25) is 14.2 Å². The number of nitrogens with one attached hydrogen (secondary N) is 2. The van der Waals surface area contributed by atoms with Crippen molar-refractivity contribution < 1.29 is 22.5 Å². The minimum atomic E-state index is -3.72. The number of amides is 1. The Balaban J connectivity index is 1.53. The second-order valence-electron chi connectivity index (χ2n) is 7.48. The third kappa shape index (κ3) is 5.44. The van der Waals surface area contributed by atoms with Gasteiger partial charge in [-0.15, -0.1) is 0 Å². The van der Waals surface area contributed by atoms with Gasteiger partial charge in [-0.1, -0.05) is 42.1 Å². The number of carbonyl (C=O) groups is 1. The van der Waals surface area contributed by atoms with Gasteiger partial charge >= 0.3 is 0 Å². The van der Waals surface area contributed by atoms with E-state index in [9.17, 15) is 13.2 Å². The maximum Gasteiger partial charge on any atom is 0.243 e. The molecule has 2 aromatic heterocycles. The van der Waals surface area contributed by atoms with E-state index in [1.807, 2.05) is 6.07 Å². The Morgan fingerprint density at radius 3 is 2.74 bits per heavy atom. The third-order valence-electron chi connectivity index (χ3n) is 4.94. The fourth-order valence-electron chi connectivity index (χ4n) is 3.41. The number of aromatic nitrogens is 3. The standard InChI is InChI=1S/C23H23N5O5S/c1-3-21(29)24-13-18-9-10-28(25-18)14-17-11-19(32-2)22-20(12-17)33-26-23(22)27-34(30,31)15-16-7-5-4-6-8-16/h3-12H,1,13-15H2,2H3,(H,24,29)(H,26,27). The highest BCUT2D eigenvalue weighted by Crippen LogP contribution is 2.34. The first kappa shape index (κ1) is 23.1. The van der Waals surface area contributed by atoms with Crippen LogP contribution in [0.1, 0.15) is 16.8 Å². The summed E-state index contributed by atoms with van der Waals surface area (Å²) in [6.45, 7) is 4.10. The Bertz CT molecular complexity index is 1430. The topological polar surface area (TPSA) is 128 Å². The summed E-state index contributed by atoms with van der Waals surface area (Å²) < 4.78 is 40.4. The van der Waals surface area contributed by atoms with Crippen LogP contribution in [0.5, 0.6) is 5.75 Å². The van der Waals surface area contributed by atoms with Gasteiger partial charge in [0.2, 0.25) is 15.9 Å². The molecule has 0 bridgehead atoms. The van der Waals surface area contributed by atoms with E-state index in [0.29, 0.717) is 34.5 Å². The summed E-state index contributed by atoms with van der Waals surface area (Å²) in [5.74, 6) is 0.00741. The molecule has 0 aliphatic carbocycles. The molecule has 0 fully saturated rings. The van der Waals surface area contributed by atoms with Crippen molar-refractivity contribution in [2.45, 2.75) is 18.8 Å². The molecule has 0 radical (unpaired) electrons. The quantitative estimate of drug-likeness (QED) is 0.333. The first-order valence-electron chi connectivity index (χ1n) is 10.3. The summed E-state index contributed by atoms with van der Waals surface area (Å²) in [6, 6.07) is 14.2. The summed E-state index contributed by atoms with van der Waals surface area (Å²) in [5.41, 5.74) is 2.53. The second-order valence-corrected chi connectivity index (χ2v) is 9.20. The lowest BCUT2D eigenvalue weighted by Crippen LogP contribution is -2.20. The van der Waals surface area contributed by atoms with E-state index in [2.05, 4.69) is 26.9 Å². The van der Waals surface area contributed by atoms with E-state index in [1.54, 1.807) is 53.3 Å². The number of rotatable bonds is 10. The van der Waals surface area contributed by atoms with Crippen LogP contribution in [-0.4, -0.2) is 36.4 Å². The van der Waals surface area contributed by atoms with Crippen LogP contribution >= 0.6 is 0 Å². The molecule has 0 unspecified atom stereocenters. The van der Waals surface area contributed by atoms with Crippen LogP contribution in [0.4, 0.5) is 5.82 Å². The molecule has 176 valence electrons. The van der Waals surface area contributed by atoms with Gasteiger partial charge < -0.3 is 14.6 Å². The number of benzene rings is 2. The number of ether oxygens (including phenoxy) is 1. The molecular weight excluding hydrogens is 458 g/mol. The molecule has 11 heteroatoms. The number of anilines is 1. The molecule has 0 spiro atoms. The van der Waals surface area contributed by atoms with Gasteiger partial charge in [0.25, 0.3) is 0 Å². The summed E-state index contributed by atoms with van der Waals surface area (Å²) >= 11 is 0. The van der Waals surface area contributed by atoms with Crippen molar-refractivity contribution in [1.82, 2.24) is 20.3 Å². The van der Waals surface area contributed by atoms with Crippen molar-refractivity contribution in [3.63, 3.8) is 0 Å². The van der Waals surface area contributed by atoms with Crippen molar-refractivity contribution in [1.29, 1.82) is 0 Å². The van der Waals surface area contributed by atoms with E-state index in [1.165, 1.54) is 13.2 Å². The molecule has 4 rings (SSSR count). The van der Waals surface area contributed by atoms with Gasteiger partial charge in [0.05, 0.1) is 31.6 Å². The highest BCUT2D eigenvalue weighted by molar-refractivity contribution is 7.91. The summed E-state index contributed by atoms with van der Waals surface area (Å²) in [7, 11) is -2.23. The predicted molar refractivity (Wildman–Crippen MR) is 127 cm³/mol. The van der Waals surface area contributed by atoms with E-state index in [0.717, 1.165) is 5.56 Å². The largest absolute Gasteiger partial charge is 0.496 e. The average molecular weight is 482 g/mol. The van der Waals surface area contributed by atoms with Crippen LogP contribution in [0.2, 0.25) is 0 Å². The van der Waals surface area contributed by atoms with Gasteiger partial charge in [-0.2, -0.15) is 5.10 Å². The molecule has 4 aromatic rings. The van der Waals surface area contributed by atoms with Crippen LogP contribution in [0.25, 0.3) is 11.0 Å². The van der Waals surface area contributed by atoms with Crippen LogP contribution < -0.4 is 14.8 Å². The zero-order chi connectivity index (χ0) is 24.1. The summed E-state index contributed by atoms with van der Waals surface area (Å²) in [5, 5.41) is 11.4. The van der Waals surface area contributed by atoms with Crippen LogP contribution in [0.3, 0.4) is 0 Å². The molecule has 1 amide bonds. The van der Waals surface area contributed by atoms with Crippen molar-refractivity contribution in [2.75, 3.05) is 11.8 Å². The number of hydrogen-bond acceptors (Lipinski definition) is 7. The molecule has 10 nitrogen and oxygen atoms in total. The highest BCUT2D eigenvalue weighted by Gasteiger charge is 2.20. The van der Waals surface area contributed by atoms with Crippen molar-refractivity contribution in [3.05, 3.63) is 84.2 Å². The molecular formula is C23H23N5O5S. The minimum Gasteiger partial charge on any atom is -0.496 e. The van der Waals surface area contributed by atoms with Gasteiger partial charge in [-0.25, -0.2) is 8.42 Å². The molecule has 0 saturated heterocycles. The Morgan fingerprint density at radius 1 is 1.21 bits per heavy atom. The summed E-state index contributed by atoms with van der Waals surface area (Å²) in [4.78, 5) is 11.3. The Kier molecular flexibility index (Phi) is 6.64. The first-order chi connectivity index (χ1) is 16.4. The van der Waals surface area contributed by atoms with E-state index >= 15 is 0 Å². The van der Waals surface area contributed by atoms with Crippen molar-refractivity contribution in [3.8, 4) is 5.75 Å². The predicted octanol–water partition coefficient (Wildman–Crippen LogP) is 2.83. The molecule has 2 N–H and O–H groups in total. The molecule has 2 aromatic carbocycles. The number of carbonyl (C=O) groups excluding carboxylic acids is 1. The number of fused-ring (bicyclic) bond motifs is 1. The molecule has 0 aliphatic rings. The first-order valence-corrected chi connectivity index (χ1v) is 12.0. The number of methoxy groups -OCH3 is 1. The van der Waals surface area contributed by atoms with E-state index < -0.39 is 10.0 Å². The Hall–Kier alpha value is -4.12. The molecule has 0 saturated carbocycles. The SMILES string of the molecule is C=CC(=O)NCc1ccn(Cc2cc(OC)c3c(NS(=O)(=O)Cc4ccccc4)noc3c2)n1. The van der Waals surface area contributed by atoms with E-state index in [4.69, 9.17) is 9.26 Å². The van der Waals surface area contributed by atoms with Gasteiger partial charge in [-0.05, 0) is 35.4 Å². The fourth-order valence-corrected chi connectivity index (χ4v) is 4.55. The Labute approximate surface area is 196 Å². The lowest BCUT2D eigenvalue weighted by molar-refractivity contribution is -0.116. The third-order valence-corrected chi connectivity index (χ3v) is 6.16. The molecule has 2 heterocycles. The van der Waals surface area contributed by atoms with Gasteiger partial charge in [0, 0.05) is 6.20 Å². The van der Waals surface area contributed by atoms with Crippen molar-refractivity contribution in [2.24, 2.45) is 0 Å². The van der Waals surface area contributed by atoms with Crippen LogP contribution in [0.15, 0.2) is 71.9 Å². The highest BCUT2D eigenvalue weighted by atomic mass is 32.2. The molecule has 34 heavy (non-hydrogen) atoms. The smallest absolute Gasteiger partial charge is 0.243 e. The number of nitrogens with zero attached hydrogens (tertiary/aromatic N) is 3. The second kappa shape index (κ2) is 9.79. The minimum absolute atomic E-state index is 0.0636. The monoisotopic (exact) mass is 481 g/mol. The number of sulfonamides is 1. The summed E-state index contributed by atoms with van der Waals surface area (Å²) in [6.07, 6.45) is 2.99. The molecule has 0 aliphatic heterocycles. The zero-order valence-electron chi connectivity index (χ0n) is 18.4. The fraction of sp³-hybridized carbons (Fsp3) is 0.174. The van der Waals surface area contributed by atoms with E-state index in [-0.39, 0.29) is 24.0 Å². The zero-order valence-corrected chi connectivity index (χ0v) is 19.2. The van der Waals surface area contributed by atoms with Gasteiger partial charge in [0.15, 0.2) is 11.4 Å². The Morgan fingerprint density at radius 2 is 2.00 bits per heavy atom. The maximum absolute atomic E-state index is 12.7. The lowest BCUT2D eigenvalue weighted by atomic mass is 10.1. The molecule has 0 atom stereocenters. The normalized spacial score (nSPS) is 11.3. The number of hydrogen-bond donors (Lipinski definition) is 2.